The van der Waals surface area contributed by atoms with Crippen LogP contribution in [-0.2, 0) is 21.1 Å². The number of benzene rings is 3. The Labute approximate surface area is 202 Å². The largest absolute Gasteiger partial charge is 0.457 e. The first-order valence-electron chi connectivity index (χ1n) is 10.8. The fourth-order valence-corrected chi connectivity index (χ4v) is 4.27. The fourth-order valence-electron chi connectivity index (χ4n) is 3.39. The number of nitrogens with zero attached hydrogens (tertiary/aromatic N) is 2. The van der Waals surface area contributed by atoms with Gasteiger partial charge in [-0.15, -0.1) is 0 Å². The van der Waals surface area contributed by atoms with Crippen molar-refractivity contribution in [3.05, 3.63) is 96.8 Å². The minimum absolute atomic E-state index is 0.0119. The maximum atomic E-state index is 13.7. The number of hydrogen-bond acceptors (Lipinski definition) is 6. The molecule has 7 nitrogen and oxygen atoms in total. The Morgan fingerprint density at radius 3 is 2.43 bits per heavy atom. The Kier molecular flexibility index (Phi) is 7.17. The van der Waals surface area contributed by atoms with Crippen LogP contribution in [0.15, 0.2) is 90.3 Å². The van der Waals surface area contributed by atoms with E-state index in [-0.39, 0.29) is 23.0 Å². The lowest BCUT2D eigenvalue weighted by molar-refractivity contribution is -0.115. The predicted molar refractivity (Wildman–Crippen MR) is 130 cm³/mol. The van der Waals surface area contributed by atoms with Gasteiger partial charge in [0.05, 0.1) is 17.1 Å². The Morgan fingerprint density at radius 1 is 1.00 bits per heavy atom. The molecule has 3 aromatic carbocycles. The molecule has 0 saturated heterocycles. The topological polar surface area (TPSA) is 98.2 Å². The smallest absolute Gasteiger partial charge is 0.228 e. The van der Waals surface area contributed by atoms with Crippen LogP contribution < -0.4 is 10.1 Å². The quantitative estimate of drug-likeness (QED) is 0.370. The molecular formula is C26H22FN3O4S. The van der Waals surface area contributed by atoms with Gasteiger partial charge in [-0.05, 0) is 42.0 Å². The van der Waals surface area contributed by atoms with Gasteiger partial charge in [-0.1, -0.05) is 25.1 Å². The highest BCUT2D eigenvalue weighted by Crippen LogP contribution is 2.35. The first-order chi connectivity index (χ1) is 16.8. The van der Waals surface area contributed by atoms with E-state index in [1.54, 1.807) is 61.8 Å². The molecule has 0 fully saturated rings. The summed E-state index contributed by atoms with van der Waals surface area (Å²) >= 11 is 0. The van der Waals surface area contributed by atoms with Crippen LogP contribution in [0.3, 0.4) is 0 Å². The molecule has 0 radical (unpaired) electrons. The SMILES string of the molecule is CCS(=O)(=O)c1ccc(CC(=O)Nc2ccc(-c3cncnc3)c(Oc3cccc(F)c3)c2)cc1. The van der Waals surface area contributed by atoms with Gasteiger partial charge in [-0.2, -0.15) is 0 Å². The van der Waals surface area contributed by atoms with Crippen molar-refractivity contribution < 1.29 is 22.3 Å². The van der Waals surface area contributed by atoms with Crippen molar-refractivity contribution in [2.24, 2.45) is 0 Å². The zero-order chi connectivity index (χ0) is 24.8. The van der Waals surface area contributed by atoms with Crippen molar-refractivity contribution in [2.45, 2.75) is 18.2 Å². The van der Waals surface area contributed by atoms with Gasteiger partial charge < -0.3 is 10.1 Å². The van der Waals surface area contributed by atoms with Crippen LogP contribution in [0.2, 0.25) is 0 Å². The first-order valence-corrected chi connectivity index (χ1v) is 12.4. The summed E-state index contributed by atoms with van der Waals surface area (Å²) in [6.45, 7) is 1.58. The zero-order valence-corrected chi connectivity index (χ0v) is 19.6. The second-order valence-corrected chi connectivity index (χ2v) is 9.95. The van der Waals surface area contributed by atoms with Crippen molar-refractivity contribution in [3.63, 3.8) is 0 Å². The zero-order valence-electron chi connectivity index (χ0n) is 18.8. The molecule has 9 heteroatoms. The number of hydrogen-bond donors (Lipinski definition) is 1. The maximum absolute atomic E-state index is 13.7. The molecule has 0 atom stereocenters. The first kappa shape index (κ1) is 24.0. The van der Waals surface area contributed by atoms with E-state index in [1.807, 2.05) is 0 Å². The summed E-state index contributed by atoms with van der Waals surface area (Å²) in [4.78, 5) is 20.9. The number of carbonyl (C=O) groups is 1. The number of carbonyl (C=O) groups excluding carboxylic acids is 1. The lowest BCUT2D eigenvalue weighted by Gasteiger charge is -2.14. The standard InChI is InChI=1S/C26H22FN3O4S/c1-2-35(32,33)23-9-6-18(7-10-23)12-26(31)30-21-8-11-24(19-15-28-17-29-16-19)25(14-21)34-22-5-3-4-20(27)13-22/h3-11,13-17H,2,12H2,1H3,(H,30,31). The third kappa shape index (κ3) is 6.07. The lowest BCUT2D eigenvalue weighted by Crippen LogP contribution is -2.14. The Balaban J connectivity index is 1.55. The van der Waals surface area contributed by atoms with E-state index in [4.69, 9.17) is 4.74 Å². The van der Waals surface area contributed by atoms with Crippen LogP contribution >= 0.6 is 0 Å². The third-order valence-corrected chi connectivity index (χ3v) is 6.94. The molecule has 0 aliphatic rings. The van der Waals surface area contributed by atoms with E-state index < -0.39 is 15.7 Å². The number of sulfone groups is 1. The second kappa shape index (κ2) is 10.4. The summed E-state index contributed by atoms with van der Waals surface area (Å²) in [7, 11) is -3.30. The average Bonchev–Trinajstić information content (AvgIpc) is 2.85. The summed E-state index contributed by atoms with van der Waals surface area (Å²) in [5, 5.41) is 2.82. The summed E-state index contributed by atoms with van der Waals surface area (Å²) in [5.74, 6) is -0.0262. The van der Waals surface area contributed by atoms with Crippen LogP contribution in [0.1, 0.15) is 12.5 Å². The van der Waals surface area contributed by atoms with Crippen molar-refractivity contribution in [1.82, 2.24) is 9.97 Å². The summed E-state index contributed by atoms with van der Waals surface area (Å²) < 4.78 is 43.5. The van der Waals surface area contributed by atoms with Gasteiger partial charge in [0.2, 0.25) is 5.91 Å². The van der Waals surface area contributed by atoms with Gasteiger partial charge in [-0.25, -0.2) is 22.8 Å². The molecule has 1 amide bonds. The van der Waals surface area contributed by atoms with E-state index in [9.17, 15) is 17.6 Å². The van der Waals surface area contributed by atoms with Gasteiger partial charge in [0.25, 0.3) is 0 Å². The maximum Gasteiger partial charge on any atom is 0.228 e. The summed E-state index contributed by atoms with van der Waals surface area (Å²) in [5.41, 5.74) is 2.51. The lowest BCUT2D eigenvalue weighted by atomic mass is 10.1. The minimum atomic E-state index is -3.30. The van der Waals surface area contributed by atoms with Crippen LogP contribution in [0.5, 0.6) is 11.5 Å². The monoisotopic (exact) mass is 491 g/mol. The highest BCUT2D eigenvalue weighted by atomic mass is 32.2. The van der Waals surface area contributed by atoms with Crippen molar-refractivity contribution in [1.29, 1.82) is 0 Å². The number of anilines is 1. The van der Waals surface area contributed by atoms with Crippen LogP contribution in [0, 0.1) is 5.82 Å². The molecule has 0 aliphatic heterocycles. The number of nitrogens with one attached hydrogen (secondary N) is 1. The number of rotatable bonds is 8. The molecule has 35 heavy (non-hydrogen) atoms. The summed E-state index contributed by atoms with van der Waals surface area (Å²) in [6.07, 6.45) is 4.72. The van der Waals surface area contributed by atoms with Crippen LogP contribution in [-0.4, -0.2) is 30.0 Å². The molecule has 0 saturated carbocycles. The fraction of sp³-hybridized carbons (Fsp3) is 0.115. The van der Waals surface area contributed by atoms with E-state index in [0.717, 1.165) is 0 Å². The normalized spacial score (nSPS) is 11.1. The molecule has 1 heterocycles. The molecule has 0 spiro atoms. The van der Waals surface area contributed by atoms with Gasteiger partial charge >= 0.3 is 0 Å². The summed E-state index contributed by atoms with van der Waals surface area (Å²) in [6, 6.07) is 17.1. The van der Waals surface area contributed by atoms with Crippen LogP contribution in [0.25, 0.3) is 11.1 Å². The molecule has 1 N–H and O–H groups in total. The molecule has 178 valence electrons. The molecule has 0 unspecified atom stereocenters. The molecule has 4 rings (SSSR count). The Bertz CT molecular complexity index is 1440. The highest BCUT2D eigenvalue weighted by Gasteiger charge is 2.14. The number of aromatic nitrogens is 2. The second-order valence-electron chi connectivity index (χ2n) is 7.67. The molecule has 4 aromatic rings. The number of halogens is 1. The number of ether oxygens (including phenoxy) is 1. The number of amides is 1. The van der Waals surface area contributed by atoms with E-state index in [2.05, 4.69) is 15.3 Å². The van der Waals surface area contributed by atoms with E-state index in [0.29, 0.717) is 33.9 Å². The van der Waals surface area contributed by atoms with Crippen molar-refractivity contribution in [3.8, 4) is 22.6 Å². The van der Waals surface area contributed by atoms with E-state index in [1.165, 1.54) is 30.6 Å². The van der Waals surface area contributed by atoms with Gasteiger partial charge in [0.15, 0.2) is 9.84 Å². The molecule has 0 aliphatic carbocycles. The van der Waals surface area contributed by atoms with Crippen LogP contribution in [0.4, 0.5) is 10.1 Å². The van der Waals surface area contributed by atoms with Gasteiger partial charge in [0, 0.05) is 41.3 Å². The Morgan fingerprint density at radius 2 is 1.74 bits per heavy atom. The molecule has 0 bridgehead atoms. The van der Waals surface area contributed by atoms with Gasteiger partial charge in [0.1, 0.15) is 23.6 Å². The predicted octanol–water partition coefficient (Wildman–Crippen LogP) is 5.05. The Hall–Kier alpha value is -4.11. The highest BCUT2D eigenvalue weighted by molar-refractivity contribution is 7.91. The van der Waals surface area contributed by atoms with Crippen molar-refractivity contribution in [2.75, 3.05) is 11.1 Å². The van der Waals surface area contributed by atoms with Gasteiger partial charge in [-0.3, -0.25) is 4.79 Å². The molecular weight excluding hydrogens is 469 g/mol. The minimum Gasteiger partial charge on any atom is -0.457 e. The van der Waals surface area contributed by atoms with E-state index >= 15 is 0 Å². The van der Waals surface area contributed by atoms with Crippen molar-refractivity contribution >= 4 is 21.4 Å². The third-order valence-electron chi connectivity index (χ3n) is 5.19. The molecule has 1 aromatic heterocycles. The average molecular weight is 492 g/mol.